The van der Waals surface area contributed by atoms with E-state index in [9.17, 15) is 9.18 Å². The van der Waals surface area contributed by atoms with Crippen LogP contribution in [0, 0.1) is 12.7 Å². The molecule has 4 aromatic rings. The van der Waals surface area contributed by atoms with Gasteiger partial charge in [0, 0.05) is 36.0 Å². The molecule has 146 valence electrons. The van der Waals surface area contributed by atoms with E-state index in [1.54, 1.807) is 6.07 Å². The van der Waals surface area contributed by atoms with Crippen molar-refractivity contribution >= 4 is 16.8 Å². The topological polar surface area (TPSA) is 44.9 Å². The predicted octanol–water partition coefficient (Wildman–Crippen LogP) is 5.45. The van der Waals surface area contributed by atoms with Gasteiger partial charge in [-0.1, -0.05) is 66.2 Å². The number of carbonyl (C=O) groups excluding carboxylic acids is 1. The molecule has 0 saturated carbocycles. The van der Waals surface area contributed by atoms with Gasteiger partial charge in [-0.25, -0.2) is 4.39 Å². The first-order chi connectivity index (χ1) is 14.1. The molecule has 0 aliphatic heterocycles. The molecule has 1 amide bonds. The lowest BCUT2D eigenvalue weighted by molar-refractivity contribution is -0.121. The molecule has 29 heavy (non-hydrogen) atoms. The number of hydrogen-bond donors (Lipinski definition) is 2. The summed E-state index contributed by atoms with van der Waals surface area (Å²) in [5.41, 5.74) is 4.46. The van der Waals surface area contributed by atoms with Crippen LogP contribution >= 0.6 is 0 Å². The normalized spacial score (nSPS) is 12.1. The van der Waals surface area contributed by atoms with Gasteiger partial charge in [-0.3, -0.25) is 4.79 Å². The van der Waals surface area contributed by atoms with E-state index in [0.29, 0.717) is 12.1 Å². The summed E-state index contributed by atoms with van der Waals surface area (Å²) in [6.45, 7) is 2.39. The molecule has 0 bridgehead atoms. The molecule has 4 rings (SSSR count). The van der Waals surface area contributed by atoms with Gasteiger partial charge in [-0.15, -0.1) is 0 Å². The number of hydrogen-bond acceptors (Lipinski definition) is 1. The van der Waals surface area contributed by atoms with E-state index in [-0.39, 0.29) is 24.1 Å². The average Bonchev–Trinajstić information content (AvgIpc) is 3.17. The van der Waals surface area contributed by atoms with Crippen LogP contribution in [0.4, 0.5) is 4.39 Å². The lowest BCUT2D eigenvalue weighted by Gasteiger charge is -2.18. The molecule has 0 spiro atoms. The molecule has 1 atom stereocenters. The van der Waals surface area contributed by atoms with Crippen molar-refractivity contribution in [2.24, 2.45) is 0 Å². The minimum atomic E-state index is -0.373. The van der Waals surface area contributed by atoms with Crippen LogP contribution in [0.5, 0.6) is 0 Å². The van der Waals surface area contributed by atoms with E-state index in [2.05, 4.69) is 10.3 Å². The first-order valence-electron chi connectivity index (χ1n) is 9.74. The highest BCUT2D eigenvalue weighted by atomic mass is 19.1. The number of carbonyl (C=O) groups is 1. The number of aromatic nitrogens is 1. The summed E-state index contributed by atoms with van der Waals surface area (Å²) in [6, 6.07) is 22.7. The van der Waals surface area contributed by atoms with Gasteiger partial charge in [0.2, 0.25) is 5.91 Å². The van der Waals surface area contributed by atoms with Crippen LogP contribution in [-0.2, 0) is 11.3 Å². The third-order valence-corrected chi connectivity index (χ3v) is 5.25. The molecular formula is C25H23FN2O. The summed E-state index contributed by atoms with van der Waals surface area (Å²) < 4.78 is 14.8. The zero-order chi connectivity index (χ0) is 20.2. The summed E-state index contributed by atoms with van der Waals surface area (Å²) in [7, 11) is 0. The Balaban J connectivity index is 1.65. The highest BCUT2D eigenvalue weighted by molar-refractivity contribution is 5.86. The smallest absolute Gasteiger partial charge is 0.221 e. The van der Waals surface area contributed by atoms with Crippen LogP contribution in [0.2, 0.25) is 0 Å². The Morgan fingerprint density at radius 2 is 1.76 bits per heavy atom. The van der Waals surface area contributed by atoms with Crippen molar-refractivity contribution in [3.63, 3.8) is 0 Å². The van der Waals surface area contributed by atoms with Crippen molar-refractivity contribution in [3.8, 4) is 0 Å². The number of benzene rings is 3. The molecule has 3 nitrogen and oxygen atoms in total. The summed E-state index contributed by atoms with van der Waals surface area (Å²) >= 11 is 0. The molecule has 0 fully saturated rings. The summed E-state index contributed by atoms with van der Waals surface area (Å²) in [4.78, 5) is 16.0. The number of para-hydroxylation sites is 1. The molecule has 0 aliphatic rings. The molecule has 1 heterocycles. The van der Waals surface area contributed by atoms with Gasteiger partial charge in [-0.2, -0.15) is 0 Å². The van der Waals surface area contributed by atoms with Crippen LogP contribution in [0.25, 0.3) is 10.9 Å². The van der Waals surface area contributed by atoms with Gasteiger partial charge in [0.25, 0.3) is 0 Å². The molecule has 1 unspecified atom stereocenters. The van der Waals surface area contributed by atoms with Gasteiger partial charge in [0.1, 0.15) is 5.82 Å². The lowest BCUT2D eigenvalue weighted by Crippen LogP contribution is -2.25. The van der Waals surface area contributed by atoms with Crippen LogP contribution in [-0.4, -0.2) is 10.9 Å². The summed E-state index contributed by atoms with van der Waals surface area (Å²) in [6.07, 6.45) is 2.07. The highest BCUT2D eigenvalue weighted by Gasteiger charge is 2.24. The van der Waals surface area contributed by atoms with E-state index in [1.165, 1.54) is 6.07 Å². The number of aromatic amines is 1. The first kappa shape index (κ1) is 18.9. The molecule has 1 aromatic heterocycles. The third kappa shape index (κ3) is 4.21. The van der Waals surface area contributed by atoms with E-state index in [4.69, 9.17) is 0 Å². The number of rotatable bonds is 6. The van der Waals surface area contributed by atoms with Gasteiger partial charge < -0.3 is 10.3 Å². The quantitative estimate of drug-likeness (QED) is 0.454. The number of nitrogens with one attached hydrogen (secondary N) is 2. The number of H-pyrrole nitrogens is 1. The number of fused-ring (bicyclic) bond motifs is 1. The minimum Gasteiger partial charge on any atom is -0.361 e. The zero-order valence-corrected chi connectivity index (χ0v) is 16.3. The molecule has 0 aliphatic carbocycles. The van der Waals surface area contributed by atoms with Crippen LogP contribution in [0.3, 0.4) is 0 Å². The maximum absolute atomic E-state index is 14.8. The van der Waals surface area contributed by atoms with Crippen LogP contribution in [0.15, 0.2) is 79.0 Å². The molecule has 4 heteroatoms. The van der Waals surface area contributed by atoms with Crippen LogP contribution in [0.1, 0.15) is 34.6 Å². The second-order valence-electron chi connectivity index (χ2n) is 7.33. The highest BCUT2D eigenvalue weighted by Crippen LogP contribution is 2.35. The molecule has 3 aromatic carbocycles. The fraction of sp³-hybridized carbons (Fsp3) is 0.160. The second kappa shape index (κ2) is 8.31. The Labute approximate surface area is 169 Å². The zero-order valence-electron chi connectivity index (χ0n) is 16.3. The Hall–Kier alpha value is -3.40. The van der Waals surface area contributed by atoms with Crippen molar-refractivity contribution in [2.45, 2.75) is 25.8 Å². The lowest BCUT2D eigenvalue weighted by atomic mass is 9.87. The fourth-order valence-corrected chi connectivity index (χ4v) is 3.75. The fourth-order valence-electron chi connectivity index (χ4n) is 3.75. The largest absolute Gasteiger partial charge is 0.361 e. The average molecular weight is 386 g/mol. The van der Waals surface area contributed by atoms with Crippen molar-refractivity contribution in [2.75, 3.05) is 0 Å². The minimum absolute atomic E-state index is 0.106. The SMILES string of the molecule is Cc1ccc(F)c(C(CC(=O)NCc2ccccc2)c2c[nH]c3ccccc23)c1. The number of amides is 1. The monoisotopic (exact) mass is 386 g/mol. The Morgan fingerprint density at radius 1 is 1.00 bits per heavy atom. The maximum atomic E-state index is 14.8. The Bertz CT molecular complexity index is 1130. The summed E-state index contributed by atoms with van der Waals surface area (Å²) in [5.74, 6) is -0.770. The Kier molecular flexibility index (Phi) is 5.43. The van der Waals surface area contributed by atoms with E-state index < -0.39 is 0 Å². The maximum Gasteiger partial charge on any atom is 0.221 e. The number of aryl methyl sites for hydroxylation is 1. The van der Waals surface area contributed by atoms with E-state index in [0.717, 1.165) is 27.6 Å². The van der Waals surface area contributed by atoms with Crippen molar-refractivity contribution in [1.82, 2.24) is 10.3 Å². The van der Waals surface area contributed by atoms with Gasteiger partial charge >= 0.3 is 0 Å². The summed E-state index contributed by atoms with van der Waals surface area (Å²) in [5, 5.41) is 3.98. The van der Waals surface area contributed by atoms with Gasteiger partial charge in [0.05, 0.1) is 0 Å². The Morgan fingerprint density at radius 3 is 2.59 bits per heavy atom. The first-order valence-corrected chi connectivity index (χ1v) is 9.74. The number of halogens is 1. The standard InChI is InChI=1S/C25H23FN2O/c1-17-11-12-23(26)21(13-17)20(22-16-27-24-10-6-5-9-19(22)24)14-25(29)28-15-18-7-3-2-4-8-18/h2-13,16,20,27H,14-15H2,1H3,(H,28,29). The van der Waals surface area contributed by atoms with Gasteiger partial charge in [-0.05, 0) is 35.7 Å². The van der Waals surface area contributed by atoms with Crippen LogP contribution < -0.4 is 5.32 Å². The van der Waals surface area contributed by atoms with Crippen molar-refractivity contribution in [3.05, 3.63) is 107 Å². The van der Waals surface area contributed by atoms with E-state index in [1.807, 2.05) is 73.8 Å². The van der Waals surface area contributed by atoms with Crippen molar-refractivity contribution in [1.29, 1.82) is 0 Å². The molecular weight excluding hydrogens is 363 g/mol. The van der Waals surface area contributed by atoms with Crippen molar-refractivity contribution < 1.29 is 9.18 Å². The van der Waals surface area contributed by atoms with E-state index >= 15 is 0 Å². The molecule has 0 saturated heterocycles. The predicted molar refractivity (Wildman–Crippen MR) is 114 cm³/mol. The van der Waals surface area contributed by atoms with Gasteiger partial charge in [0.15, 0.2) is 0 Å². The molecule has 2 N–H and O–H groups in total. The second-order valence-corrected chi connectivity index (χ2v) is 7.33. The third-order valence-electron chi connectivity index (χ3n) is 5.25. The molecule has 0 radical (unpaired) electrons.